The van der Waals surface area contributed by atoms with E-state index < -0.39 is 81.1 Å². The monoisotopic (exact) mass is 1150 g/mol. The topological polar surface area (TPSA) is 217 Å². The summed E-state index contributed by atoms with van der Waals surface area (Å²) in [6.45, 7) is 13.4. The zero-order valence-electron chi connectivity index (χ0n) is 45.8. The Labute approximate surface area is 473 Å². The average Bonchev–Trinajstić information content (AvgIpc) is 4.41. The first-order valence-electron chi connectivity index (χ1n) is 27.5. The van der Waals surface area contributed by atoms with Crippen molar-refractivity contribution in [2.24, 2.45) is 11.3 Å². The summed E-state index contributed by atoms with van der Waals surface area (Å²) >= 11 is 1.57. The Morgan fingerprint density at radius 2 is 1.58 bits per heavy atom. The molecule has 4 aliphatic heterocycles. The van der Waals surface area contributed by atoms with Gasteiger partial charge in [-0.25, -0.2) is 23.1 Å². The first-order valence-corrected chi connectivity index (χ1v) is 29.8. The number of fused-ring (bicyclic) bond motifs is 1. The van der Waals surface area contributed by atoms with E-state index in [-0.39, 0.29) is 56.4 Å². The number of rotatable bonds is 17. The maximum atomic E-state index is 15.8. The summed E-state index contributed by atoms with van der Waals surface area (Å²) in [5.41, 5.74) is 5.23. The predicted molar refractivity (Wildman–Crippen MR) is 304 cm³/mol. The number of aromatic amines is 1. The van der Waals surface area contributed by atoms with Gasteiger partial charge in [0.1, 0.15) is 29.7 Å². The van der Waals surface area contributed by atoms with E-state index in [0.717, 1.165) is 108 Å². The quantitative estimate of drug-likeness (QED) is 0.0618. The van der Waals surface area contributed by atoms with Crippen LogP contribution in [0.4, 0.5) is 24.5 Å². The number of likely N-dealkylation sites (tertiary alicyclic amines) is 2. The predicted octanol–water partition coefficient (Wildman–Crippen LogP) is 6.51. The van der Waals surface area contributed by atoms with Crippen molar-refractivity contribution in [1.29, 1.82) is 0 Å². The lowest BCUT2D eigenvalue weighted by Gasteiger charge is -2.40. The molecule has 6 aromatic rings. The molecule has 7 heterocycles. The molecule has 0 radical (unpaired) electrons. The fourth-order valence-corrected chi connectivity index (χ4v) is 13.4. The number of hydrogen-bond acceptors (Lipinski definition) is 13. The number of β-amino-alcohol motifs (C(OH)–C–C–N with tert-alkyl or cyclic N) is 1. The SMILES string of the molecule is Cc1ncsc1-c1ccc(CNC(=O)[C@@H]2C[C@@H](O)CN2C(=O)C(NC(=O)CN2CCC(CN3CCN(c4ccc(-c5cnc6[nH]cc(C(=O)c7c(F)ccc(NS(=O)(=O)N8CC[C@@H](F)C8)c7F)c6c5)cc4)CC3)CC2)C(C)(C)C)cc1. The summed E-state index contributed by atoms with van der Waals surface area (Å²) in [6.07, 6.45) is 2.69. The molecule has 4 aliphatic rings. The minimum absolute atomic E-state index is 0.000186. The molecule has 18 nitrogen and oxygen atoms in total. The Hall–Kier alpha value is -6.76. The minimum Gasteiger partial charge on any atom is -0.391 e. The number of piperazine rings is 1. The molecule has 3 amide bonds. The van der Waals surface area contributed by atoms with Gasteiger partial charge in [-0.15, -0.1) is 11.3 Å². The van der Waals surface area contributed by atoms with Crippen LogP contribution in [0.25, 0.3) is 32.6 Å². The summed E-state index contributed by atoms with van der Waals surface area (Å²) in [4.78, 5) is 76.5. The van der Waals surface area contributed by atoms with Gasteiger partial charge in [0.05, 0.1) is 40.0 Å². The summed E-state index contributed by atoms with van der Waals surface area (Å²) in [6, 6.07) is 17.5. The summed E-state index contributed by atoms with van der Waals surface area (Å²) in [5, 5.41) is 17.0. The smallest absolute Gasteiger partial charge is 0.301 e. The lowest BCUT2D eigenvalue weighted by molar-refractivity contribution is -0.144. The number of nitrogens with zero attached hydrogens (tertiary/aromatic N) is 7. The second kappa shape index (κ2) is 24.0. The molecule has 10 rings (SSSR count). The van der Waals surface area contributed by atoms with E-state index in [1.807, 2.05) is 86.5 Å². The van der Waals surface area contributed by atoms with Crippen molar-refractivity contribution in [3.63, 3.8) is 0 Å². The number of carbonyl (C=O) groups is 4. The standard InChI is InChI=1S/C58H68F3N11O7S2/c1-35-53(80-34-65-35)39-7-5-36(6-8-39)27-64-56(76)48-26-43(73)32-72(48)57(77)54(58(2,3)4)66-49(74)33-68-18-15-37(16-19-68)30-69-21-23-70(24-22-69)42-11-9-38(10-12-42)40-25-44-45(29-63-55(44)62-28-40)52(75)50-46(60)13-14-47(51(50)61)67-81(78,79)71-20-17-41(59)31-71/h5-14,25,28-29,34,37,41,43,48,54,67,73H,15-24,26-27,30-33H2,1-4H3,(H,62,63)(H,64,76)(H,66,74)/t41-,43-,48+,54?/m1/s1. The van der Waals surface area contributed by atoms with E-state index in [1.54, 1.807) is 23.6 Å². The van der Waals surface area contributed by atoms with Gasteiger partial charge in [-0.3, -0.25) is 33.7 Å². The van der Waals surface area contributed by atoms with Crippen LogP contribution < -0.4 is 20.3 Å². The Balaban J connectivity index is 0.678. The van der Waals surface area contributed by atoms with Gasteiger partial charge in [0.15, 0.2) is 5.82 Å². The summed E-state index contributed by atoms with van der Waals surface area (Å²) < 4.78 is 73.4. The number of aliphatic hydroxyl groups excluding tert-OH is 1. The van der Waals surface area contributed by atoms with Gasteiger partial charge in [0.25, 0.3) is 0 Å². The lowest BCUT2D eigenvalue weighted by Crippen LogP contribution is -2.59. The molecule has 4 atom stereocenters. The van der Waals surface area contributed by atoms with Crippen LogP contribution in [0.3, 0.4) is 0 Å². The van der Waals surface area contributed by atoms with E-state index in [0.29, 0.717) is 22.5 Å². The van der Waals surface area contributed by atoms with Gasteiger partial charge in [0, 0.05) is 99.9 Å². The Kier molecular flexibility index (Phi) is 17.0. The zero-order valence-corrected chi connectivity index (χ0v) is 47.4. The number of anilines is 2. The molecule has 430 valence electrons. The van der Waals surface area contributed by atoms with Crippen LogP contribution in [-0.2, 0) is 31.1 Å². The van der Waals surface area contributed by atoms with Crippen LogP contribution in [-0.4, -0.2) is 167 Å². The fourth-order valence-electron chi connectivity index (χ4n) is 11.4. The number of thiazole rings is 1. The lowest BCUT2D eigenvalue weighted by atomic mass is 9.85. The van der Waals surface area contributed by atoms with Crippen LogP contribution in [0.2, 0.25) is 0 Å². The number of benzene rings is 3. The molecule has 3 aromatic heterocycles. The largest absolute Gasteiger partial charge is 0.391 e. The maximum absolute atomic E-state index is 15.8. The molecule has 5 N–H and O–H groups in total. The third kappa shape index (κ3) is 13.0. The number of alkyl halides is 1. The highest BCUT2D eigenvalue weighted by molar-refractivity contribution is 7.90. The number of piperidine rings is 1. The average molecular weight is 1150 g/mol. The molecule has 0 saturated carbocycles. The van der Waals surface area contributed by atoms with Gasteiger partial charge in [-0.1, -0.05) is 57.2 Å². The molecule has 4 fully saturated rings. The van der Waals surface area contributed by atoms with E-state index in [1.165, 1.54) is 11.1 Å². The molecule has 4 saturated heterocycles. The second-order valence-electron chi connectivity index (χ2n) is 22.8. The Bertz CT molecular complexity index is 3400. The van der Waals surface area contributed by atoms with Crippen molar-refractivity contribution in [2.45, 2.75) is 84.3 Å². The van der Waals surface area contributed by atoms with Gasteiger partial charge in [-0.2, -0.15) is 12.7 Å². The number of aromatic nitrogens is 3. The highest BCUT2D eigenvalue weighted by Crippen LogP contribution is 2.33. The number of hydrogen-bond donors (Lipinski definition) is 5. The third-order valence-electron chi connectivity index (χ3n) is 16.0. The van der Waals surface area contributed by atoms with E-state index in [2.05, 4.69) is 40.3 Å². The molecular formula is C58H68F3N11O7S2. The first-order chi connectivity index (χ1) is 38.7. The number of halogens is 3. The zero-order chi connectivity index (χ0) is 57.3. The van der Waals surface area contributed by atoms with Crippen LogP contribution in [0.15, 0.2) is 84.6 Å². The first kappa shape index (κ1) is 57.5. The number of aryl methyl sites for hydroxylation is 1. The van der Waals surface area contributed by atoms with Crippen LogP contribution in [0.1, 0.15) is 73.6 Å². The van der Waals surface area contributed by atoms with Crippen molar-refractivity contribution in [1.82, 2.24) is 44.6 Å². The number of H-pyrrole nitrogens is 1. The highest BCUT2D eigenvalue weighted by Gasteiger charge is 2.45. The number of ketones is 1. The maximum Gasteiger partial charge on any atom is 0.301 e. The molecule has 0 aliphatic carbocycles. The van der Waals surface area contributed by atoms with E-state index in [9.17, 15) is 37.1 Å². The molecule has 1 unspecified atom stereocenters. The summed E-state index contributed by atoms with van der Waals surface area (Å²) in [5.74, 6) is -4.13. The number of nitrogens with one attached hydrogen (secondary N) is 4. The van der Waals surface area contributed by atoms with Gasteiger partial charge in [0.2, 0.25) is 23.5 Å². The highest BCUT2D eigenvalue weighted by atomic mass is 32.2. The normalized spacial score (nSPS) is 20.2. The third-order valence-corrected chi connectivity index (χ3v) is 18.5. The Morgan fingerprint density at radius 1 is 0.864 bits per heavy atom. The molecule has 81 heavy (non-hydrogen) atoms. The molecular weight excluding hydrogens is 1080 g/mol. The number of amides is 3. The van der Waals surface area contributed by atoms with Crippen molar-refractivity contribution in [3.05, 3.63) is 119 Å². The molecule has 23 heteroatoms. The van der Waals surface area contributed by atoms with Crippen molar-refractivity contribution < 1.29 is 45.9 Å². The fraction of sp³-hybridized carbons (Fsp3) is 0.448. The van der Waals surface area contributed by atoms with Crippen molar-refractivity contribution in [3.8, 4) is 21.6 Å². The number of pyridine rings is 1. The second-order valence-corrected chi connectivity index (χ2v) is 25.3. The molecule has 0 bridgehead atoms. The van der Waals surface area contributed by atoms with Crippen LogP contribution >= 0.6 is 11.3 Å². The van der Waals surface area contributed by atoms with Crippen LogP contribution in [0, 0.1) is 29.9 Å². The molecule has 0 spiro atoms. The van der Waals surface area contributed by atoms with Crippen molar-refractivity contribution in [2.75, 3.05) is 81.6 Å². The number of carbonyl (C=O) groups excluding carboxylic acids is 4. The molecule has 3 aromatic carbocycles. The Morgan fingerprint density at radius 3 is 2.25 bits per heavy atom. The summed E-state index contributed by atoms with van der Waals surface area (Å²) in [7, 11) is -4.37. The van der Waals surface area contributed by atoms with Crippen molar-refractivity contribution >= 4 is 67.5 Å². The minimum atomic E-state index is -4.37. The van der Waals surface area contributed by atoms with E-state index >= 15 is 8.78 Å². The van der Waals surface area contributed by atoms with Gasteiger partial charge < -0.3 is 30.5 Å². The van der Waals surface area contributed by atoms with Crippen LogP contribution in [0.5, 0.6) is 0 Å². The van der Waals surface area contributed by atoms with E-state index in [4.69, 9.17) is 0 Å². The van der Waals surface area contributed by atoms with Gasteiger partial charge in [-0.05, 0) is 97.6 Å². The number of aliphatic hydroxyl groups is 1. The van der Waals surface area contributed by atoms with Gasteiger partial charge >= 0.3 is 10.2 Å².